The average molecular weight is 413 g/mol. The number of amides is 1. The quantitative estimate of drug-likeness (QED) is 0.550. The van der Waals surface area contributed by atoms with Crippen molar-refractivity contribution in [2.75, 3.05) is 17.2 Å². The minimum absolute atomic E-state index is 0.129. The van der Waals surface area contributed by atoms with E-state index >= 15 is 0 Å². The Balaban J connectivity index is 1.74. The molecule has 0 saturated carbocycles. The number of aromatic nitrogens is 4. The predicted molar refractivity (Wildman–Crippen MR) is 109 cm³/mol. The molecule has 0 radical (unpaired) electrons. The van der Waals surface area contributed by atoms with Gasteiger partial charge < -0.3 is 4.90 Å². The van der Waals surface area contributed by atoms with Crippen molar-refractivity contribution in [1.82, 2.24) is 20.2 Å². The minimum atomic E-state index is -0.152. The van der Waals surface area contributed by atoms with Crippen molar-refractivity contribution in [3.8, 4) is 11.8 Å². The smallest absolute Gasteiger partial charge is 0.237 e. The van der Waals surface area contributed by atoms with Gasteiger partial charge in [-0.2, -0.15) is 9.94 Å². The van der Waals surface area contributed by atoms with Gasteiger partial charge in [-0.05, 0) is 47.7 Å². The van der Waals surface area contributed by atoms with Gasteiger partial charge in [0.1, 0.15) is 0 Å². The van der Waals surface area contributed by atoms with Gasteiger partial charge in [0.25, 0.3) is 0 Å². The molecule has 9 heteroatoms. The molecular formula is C19H17ClN6OS. The van der Waals surface area contributed by atoms with E-state index in [9.17, 15) is 4.79 Å². The Labute approximate surface area is 171 Å². The lowest BCUT2D eigenvalue weighted by Crippen LogP contribution is -2.33. The zero-order chi connectivity index (χ0) is 19.9. The van der Waals surface area contributed by atoms with Gasteiger partial charge in [0.15, 0.2) is 0 Å². The lowest BCUT2D eigenvalue weighted by molar-refractivity contribution is -0.116. The fraction of sp³-hybridized carbons (Fsp3) is 0.211. The number of hydrogen-bond donors (Lipinski definition) is 0. The Kier molecular flexibility index (Phi) is 6.63. The molecule has 3 rings (SSSR count). The first-order valence-corrected chi connectivity index (χ1v) is 9.86. The van der Waals surface area contributed by atoms with Gasteiger partial charge in [-0.3, -0.25) is 4.79 Å². The fourth-order valence-electron chi connectivity index (χ4n) is 2.52. The van der Waals surface area contributed by atoms with Crippen molar-refractivity contribution in [2.45, 2.75) is 18.5 Å². The van der Waals surface area contributed by atoms with Gasteiger partial charge in [0.05, 0.1) is 23.9 Å². The van der Waals surface area contributed by atoms with E-state index in [4.69, 9.17) is 16.9 Å². The lowest BCUT2D eigenvalue weighted by atomic mass is 10.2. The molecule has 1 aromatic heterocycles. The zero-order valence-corrected chi connectivity index (χ0v) is 16.7. The molecule has 0 spiro atoms. The Morgan fingerprint density at radius 1 is 1.29 bits per heavy atom. The Morgan fingerprint density at radius 3 is 2.79 bits per heavy atom. The molecule has 0 saturated heterocycles. The van der Waals surface area contributed by atoms with Gasteiger partial charge in [0.2, 0.25) is 11.1 Å². The van der Waals surface area contributed by atoms with Gasteiger partial charge in [-0.15, -0.1) is 5.10 Å². The number of nitrogens with zero attached hydrogens (tertiary/aromatic N) is 6. The number of nitriles is 1. The van der Waals surface area contributed by atoms with Crippen molar-refractivity contribution in [3.63, 3.8) is 0 Å². The van der Waals surface area contributed by atoms with Crippen LogP contribution in [-0.2, 0) is 4.79 Å². The second kappa shape index (κ2) is 9.35. The topological polar surface area (TPSA) is 87.7 Å². The maximum atomic E-state index is 12.8. The van der Waals surface area contributed by atoms with Crippen LogP contribution in [0.2, 0.25) is 5.02 Å². The summed E-state index contributed by atoms with van der Waals surface area (Å²) in [4.78, 5) is 14.4. The highest BCUT2D eigenvalue weighted by atomic mass is 35.5. The molecule has 0 atom stereocenters. The molecule has 0 aliphatic rings. The van der Waals surface area contributed by atoms with E-state index < -0.39 is 0 Å². The van der Waals surface area contributed by atoms with Crippen molar-refractivity contribution < 1.29 is 4.79 Å². The molecule has 142 valence electrons. The van der Waals surface area contributed by atoms with Gasteiger partial charge in [-0.1, -0.05) is 47.1 Å². The number of benzene rings is 2. The highest BCUT2D eigenvalue weighted by Crippen LogP contribution is 2.23. The molecule has 2 aromatic carbocycles. The number of halogens is 1. The molecular weight excluding hydrogens is 396 g/mol. The van der Waals surface area contributed by atoms with Crippen LogP contribution in [0.15, 0.2) is 53.7 Å². The predicted octanol–water partition coefficient (Wildman–Crippen LogP) is 3.66. The molecule has 28 heavy (non-hydrogen) atoms. The lowest BCUT2D eigenvalue weighted by Gasteiger charge is -2.21. The third-order valence-corrected chi connectivity index (χ3v) is 5.05. The number of rotatable bonds is 7. The minimum Gasteiger partial charge on any atom is -0.311 e. The number of carbonyl (C=O) groups excluding carboxylic acids is 1. The maximum Gasteiger partial charge on any atom is 0.237 e. The van der Waals surface area contributed by atoms with E-state index in [0.29, 0.717) is 22.4 Å². The van der Waals surface area contributed by atoms with Crippen LogP contribution in [0.4, 0.5) is 5.69 Å². The van der Waals surface area contributed by atoms with E-state index in [1.54, 1.807) is 33.8 Å². The monoisotopic (exact) mass is 412 g/mol. The van der Waals surface area contributed by atoms with Crippen LogP contribution in [0.5, 0.6) is 0 Å². The first-order valence-electron chi connectivity index (χ1n) is 8.49. The SMILES string of the molecule is Cc1ccc(-n2nnnc2SCC(=O)N(CCC#N)c2cccc(Cl)c2)cc1. The summed E-state index contributed by atoms with van der Waals surface area (Å²) in [7, 11) is 0. The summed E-state index contributed by atoms with van der Waals surface area (Å²) in [6.07, 6.45) is 0.226. The van der Waals surface area contributed by atoms with E-state index in [0.717, 1.165) is 11.3 Å². The summed E-state index contributed by atoms with van der Waals surface area (Å²) >= 11 is 7.29. The van der Waals surface area contributed by atoms with E-state index in [1.165, 1.54) is 11.8 Å². The largest absolute Gasteiger partial charge is 0.311 e. The van der Waals surface area contributed by atoms with Crippen molar-refractivity contribution in [2.24, 2.45) is 0 Å². The Hall–Kier alpha value is -2.89. The third-order valence-electron chi connectivity index (χ3n) is 3.91. The summed E-state index contributed by atoms with van der Waals surface area (Å²) < 4.78 is 1.59. The molecule has 0 bridgehead atoms. The Morgan fingerprint density at radius 2 is 2.07 bits per heavy atom. The first kappa shape index (κ1) is 19.9. The molecule has 1 heterocycles. The number of anilines is 1. The van der Waals surface area contributed by atoms with E-state index in [-0.39, 0.29) is 18.1 Å². The van der Waals surface area contributed by atoms with Gasteiger partial charge >= 0.3 is 0 Å². The summed E-state index contributed by atoms with van der Waals surface area (Å²) in [6, 6.07) is 16.9. The molecule has 3 aromatic rings. The third kappa shape index (κ3) is 4.88. The zero-order valence-electron chi connectivity index (χ0n) is 15.1. The second-order valence-electron chi connectivity index (χ2n) is 5.93. The molecule has 0 fully saturated rings. The van der Waals surface area contributed by atoms with E-state index in [1.807, 2.05) is 31.2 Å². The number of thioether (sulfide) groups is 1. The second-order valence-corrected chi connectivity index (χ2v) is 7.31. The molecule has 0 aliphatic heterocycles. The van der Waals surface area contributed by atoms with E-state index in [2.05, 4.69) is 21.6 Å². The summed E-state index contributed by atoms with van der Waals surface area (Å²) in [6.45, 7) is 2.29. The van der Waals surface area contributed by atoms with Crippen molar-refractivity contribution in [3.05, 3.63) is 59.1 Å². The van der Waals surface area contributed by atoms with Crippen molar-refractivity contribution >= 4 is 35.0 Å². The van der Waals surface area contributed by atoms with Crippen LogP contribution in [0.25, 0.3) is 5.69 Å². The molecule has 0 unspecified atom stereocenters. The number of carbonyl (C=O) groups is 1. The molecule has 0 aliphatic carbocycles. The molecule has 0 N–H and O–H groups in total. The maximum absolute atomic E-state index is 12.8. The highest BCUT2D eigenvalue weighted by molar-refractivity contribution is 7.99. The Bertz CT molecular complexity index is 998. The standard InChI is InChI=1S/C19H17ClN6OS/c1-14-6-8-16(9-7-14)26-19(22-23-24-26)28-13-18(27)25(11-3-10-21)17-5-2-4-15(20)12-17/h2,4-9,12H,3,11,13H2,1H3. The first-order chi connectivity index (χ1) is 13.6. The van der Waals surface area contributed by atoms with Crippen molar-refractivity contribution in [1.29, 1.82) is 5.26 Å². The van der Waals surface area contributed by atoms with Crippen LogP contribution in [0.1, 0.15) is 12.0 Å². The van der Waals surface area contributed by atoms with Crippen LogP contribution >= 0.6 is 23.4 Å². The van der Waals surface area contributed by atoms with Crippen LogP contribution in [-0.4, -0.2) is 38.4 Å². The highest BCUT2D eigenvalue weighted by Gasteiger charge is 2.18. The molecule has 7 nitrogen and oxygen atoms in total. The number of hydrogen-bond acceptors (Lipinski definition) is 6. The number of aryl methyl sites for hydroxylation is 1. The summed E-state index contributed by atoms with van der Waals surface area (Å²) in [5.41, 5.74) is 2.61. The number of tetrazole rings is 1. The average Bonchev–Trinajstić information content (AvgIpc) is 3.16. The van der Waals surface area contributed by atoms with Crippen LogP contribution in [0, 0.1) is 18.3 Å². The molecule has 1 amide bonds. The summed E-state index contributed by atoms with van der Waals surface area (Å²) in [5, 5.41) is 21.7. The van der Waals surface area contributed by atoms with Crippen LogP contribution in [0.3, 0.4) is 0 Å². The normalized spacial score (nSPS) is 10.5. The summed E-state index contributed by atoms with van der Waals surface area (Å²) in [5.74, 6) is -0.0227. The van der Waals surface area contributed by atoms with Gasteiger partial charge in [-0.25, -0.2) is 0 Å². The van der Waals surface area contributed by atoms with Gasteiger partial charge in [0, 0.05) is 17.3 Å². The fourth-order valence-corrected chi connectivity index (χ4v) is 3.48. The van der Waals surface area contributed by atoms with Crippen LogP contribution < -0.4 is 4.90 Å².